The van der Waals surface area contributed by atoms with Crippen LogP contribution in [-0.4, -0.2) is 47.5 Å². The summed E-state index contributed by atoms with van der Waals surface area (Å²) in [6.45, 7) is 0.124. The van der Waals surface area contributed by atoms with Gasteiger partial charge in [0.25, 0.3) is 5.91 Å². The van der Waals surface area contributed by atoms with Crippen LogP contribution in [-0.2, 0) is 10.3 Å². The zero-order chi connectivity index (χ0) is 14.0. The minimum absolute atomic E-state index is 0.124. The van der Waals surface area contributed by atoms with Crippen LogP contribution in [0.2, 0.25) is 0 Å². The highest BCUT2D eigenvalue weighted by Crippen LogP contribution is 2.33. The number of pyridine rings is 1. The lowest BCUT2D eigenvalue weighted by Crippen LogP contribution is -2.51. The zero-order valence-electron chi connectivity index (χ0n) is 10.8. The van der Waals surface area contributed by atoms with Crippen molar-refractivity contribution < 1.29 is 9.59 Å². The number of hydrogen-bond acceptors (Lipinski definition) is 3. The van der Waals surface area contributed by atoms with Gasteiger partial charge in [-0.2, -0.15) is 0 Å². The minimum atomic E-state index is -1.48. The van der Waals surface area contributed by atoms with Crippen molar-refractivity contribution in [2.75, 3.05) is 20.8 Å². The van der Waals surface area contributed by atoms with E-state index in [1.54, 1.807) is 31.4 Å². The number of carbonyl (C=O) groups is 2. The lowest BCUT2D eigenvalue weighted by atomic mass is 9.94. The molecule has 1 N–H and O–H groups in total. The average molecular weight is 258 g/mol. The summed E-state index contributed by atoms with van der Waals surface area (Å²) in [7, 11) is 3.09. The zero-order valence-corrected chi connectivity index (χ0v) is 10.8. The molecule has 6 heteroatoms. The Labute approximate surface area is 111 Å². The van der Waals surface area contributed by atoms with Gasteiger partial charge in [-0.15, -0.1) is 6.42 Å². The van der Waals surface area contributed by atoms with Gasteiger partial charge in [0.15, 0.2) is 0 Å². The lowest BCUT2D eigenvalue weighted by molar-refractivity contribution is -0.130. The van der Waals surface area contributed by atoms with Crippen molar-refractivity contribution in [3.8, 4) is 12.3 Å². The number of likely N-dealkylation sites (N-methyl/N-ethyl adjacent to an activating group) is 1. The van der Waals surface area contributed by atoms with E-state index in [0.29, 0.717) is 5.69 Å². The number of urea groups is 1. The van der Waals surface area contributed by atoms with Crippen molar-refractivity contribution in [3.05, 3.63) is 30.1 Å². The maximum absolute atomic E-state index is 12.4. The third-order valence-electron chi connectivity index (χ3n) is 3.12. The maximum atomic E-state index is 12.4. The molecule has 0 radical (unpaired) electrons. The second-order valence-electron chi connectivity index (χ2n) is 4.20. The van der Waals surface area contributed by atoms with Crippen LogP contribution in [0.1, 0.15) is 5.69 Å². The van der Waals surface area contributed by atoms with E-state index in [-0.39, 0.29) is 12.6 Å². The van der Waals surface area contributed by atoms with Crippen LogP contribution in [0.3, 0.4) is 0 Å². The number of amides is 3. The van der Waals surface area contributed by atoms with Crippen LogP contribution in [0.15, 0.2) is 24.4 Å². The van der Waals surface area contributed by atoms with Crippen molar-refractivity contribution in [2.45, 2.75) is 5.54 Å². The minimum Gasteiger partial charge on any atom is -0.341 e. The SMILES string of the molecule is C#C[C@]1(c2ccccn2)C(=O)N(C)CN1C(=O)NC. The normalized spacial score (nSPS) is 22.3. The van der Waals surface area contributed by atoms with Crippen LogP contribution < -0.4 is 5.32 Å². The van der Waals surface area contributed by atoms with Gasteiger partial charge in [0.2, 0.25) is 5.54 Å². The molecule has 1 aliphatic heterocycles. The number of hydrogen-bond donors (Lipinski definition) is 1. The van der Waals surface area contributed by atoms with E-state index in [4.69, 9.17) is 6.42 Å². The molecule has 19 heavy (non-hydrogen) atoms. The predicted molar refractivity (Wildman–Crippen MR) is 68.7 cm³/mol. The van der Waals surface area contributed by atoms with E-state index in [2.05, 4.69) is 16.2 Å². The van der Waals surface area contributed by atoms with E-state index in [0.717, 1.165) is 0 Å². The van der Waals surface area contributed by atoms with Crippen LogP contribution in [0, 0.1) is 12.3 Å². The van der Waals surface area contributed by atoms with Gasteiger partial charge >= 0.3 is 6.03 Å². The quantitative estimate of drug-likeness (QED) is 0.720. The monoisotopic (exact) mass is 258 g/mol. The highest BCUT2D eigenvalue weighted by atomic mass is 16.2. The molecular weight excluding hydrogens is 244 g/mol. The van der Waals surface area contributed by atoms with Crippen LogP contribution >= 0.6 is 0 Å². The summed E-state index contributed by atoms with van der Waals surface area (Å²) in [5, 5.41) is 2.49. The molecule has 2 rings (SSSR count). The van der Waals surface area contributed by atoms with Crippen LogP contribution in [0.25, 0.3) is 0 Å². The number of terminal acetylenes is 1. The lowest BCUT2D eigenvalue weighted by Gasteiger charge is -2.29. The Kier molecular flexibility index (Phi) is 3.13. The first-order valence-corrected chi connectivity index (χ1v) is 5.72. The van der Waals surface area contributed by atoms with E-state index >= 15 is 0 Å². The Morgan fingerprint density at radius 1 is 1.58 bits per heavy atom. The van der Waals surface area contributed by atoms with Gasteiger partial charge in [-0.3, -0.25) is 14.7 Å². The molecule has 0 bridgehead atoms. The summed E-state index contributed by atoms with van der Waals surface area (Å²) in [6.07, 6.45) is 7.12. The third-order valence-corrected chi connectivity index (χ3v) is 3.12. The van der Waals surface area contributed by atoms with Gasteiger partial charge in [-0.1, -0.05) is 12.0 Å². The Hall–Kier alpha value is -2.55. The molecule has 2 heterocycles. The third kappa shape index (κ3) is 1.71. The molecule has 0 aromatic carbocycles. The largest absolute Gasteiger partial charge is 0.341 e. The number of nitrogens with zero attached hydrogens (tertiary/aromatic N) is 3. The summed E-state index contributed by atoms with van der Waals surface area (Å²) >= 11 is 0. The molecule has 98 valence electrons. The Bertz CT molecular complexity index is 552. The second-order valence-corrected chi connectivity index (χ2v) is 4.20. The maximum Gasteiger partial charge on any atom is 0.320 e. The first kappa shape index (κ1) is 12.9. The van der Waals surface area contributed by atoms with Gasteiger partial charge in [-0.05, 0) is 12.1 Å². The molecule has 1 aromatic heterocycles. The molecule has 1 fully saturated rings. The molecular formula is C13H14N4O2. The van der Waals surface area contributed by atoms with E-state index in [9.17, 15) is 9.59 Å². The van der Waals surface area contributed by atoms with Crippen molar-refractivity contribution in [3.63, 3.8) is 0 Å². The van der Waals surface area contributed by atoms with Crippen LogP contribution in [0.5, 0.6) is 0 Å². The number of nitrogens with one attached hydrogen (secondary N) is 1. The molecule has 0 unspecified atom stereocenters. The molecule has 1 aromatic rings. The standard InChI is InChI=1S/C13H14N4O2/c1-4-13(10-7-5-6-8-15-10)11(18)16(3)9-17(13)12(19)14-2/h1,5-8H,9H2,2-3H3,(H,14,19)/t13-/m0/s1. The Balaban J connectivity index is 2.61. The van der Waals surface area contributed by atoms with E-state index < -0.39 is 11.6 Å². The number of aromatic nitrogens is 1. The summed E-state index contributed by atoms with van der Waals surface area (Å²) in [5.41, 5.74) is -1.11. The Morgan fingerprint density at radius 3 is 2.84 bits per heavy atom. The summed E-state index contributed by atoms with van der Waals surface area (Å²) in [4.78, 5) is 31.2. The first-order valence-electron chi connectivity index (χ1n) is 5.72. The molecule has 0 spiro atoms. The second kappa shape index (κ2) is 4.61. The van der Waals surface area contributed by atoms with Crippen molar-refractivity contribution >= 4 is 11.9 Å². The molecule has 0 aliphatic carbocycles. The van der Waals surface area contributed by atoms with Crippen molar-refractivity contribution in [2.24, 2.45) is 0 Å². The summed E-state index contributed by atoms with van der Waals surface area (Å²) in [5.74, 6) is 2.11. The van der Waals surface area contributed by atoms with Crippen molar-refractivity contribution in [1.82, 2.24) is 20.1 Å². The van der Waals surface area contributed by atoms with Gasteiger partial charge < -0.3 is 10.2 Å². The average Bonchev–Trinajstić information content (AvgIpc) is 2.72. The van der Waals surface area contributed by atoms with E-state index in [1.165, 1.54) is 16.8 Å². The molecule has 1 saturated heterocycles. The topological polar surface area (TPSA) is 65.5 Å². The number of rotatable bonds is 1. The fourth-order valence-electron chi connectivity index (χ4n) is 2.16. The fraction of sp³-hybridized carbons (Fsp3) is 0.308. The smallest absolute Gasteiger partial charge is 0.320 e. The first-order chi connectivity index (χ1) is 9.07. The molecule has 3 amide bonds. The Morgan fingerprint density at radius 2 is 2.32 bits per heavy atom. The molecule has 0 saturated carbocycles. The van der Waals surface area contributed by atoms with Gasteiger partial charge in [-0.25, -0.2) is 4.79 Å². The highest BCUT2D eigenvalue weighted by Gasteiger charge is 2.55. The van der Waals surface area contributed by atoms with E-state index in [1.807, 2.05) is 0 Å². The molecule has 1 atom stereocenters. The van der Waals surface area contributed by atoms with Gasteiger partial charge in [0.05, 0.1) is 12.4 Å². The van der Waals surface area contributed by atoms with Crippen molar-refractivity contribution in [1.29, 1.82) is 0 Å². The van der Waals surface area contributed by atoms with Crippen LogP contribution in [0.4, 0.5) is 4.79 Å². The molecule has 1 aliphatic rings. The van der Waals surface area contributed by atoms with Gasteiger partial charge in [0, 0.05) is 20.3 Å². The molecule has 6 nitrogen and oxygen atoms in total. The summed E-state index contributed by atoms with van der Waals surface area (Å²) in [6, 6.07) is 4.68. The highest BCUT2D eigenvalue weighted by molar-refractivity contribution is 5.97. The number of carbonyl (C=O) groups excluding carboxylic acids is 2. The van der Waals surface area contributed by atoms with Gasteiger partial charge in [0.1, 0.15) is 0 Å². The summed E-state index contributed by atoms with van der Waals surface area (Å²) < 4.78 is 0. The fourth-order valence-corrected chi connectivity index (χ4v) is 2.16. The predicted octanol–water partition coefficient (Wildman–Crippen LogP) is -0.0190.